The number of anilines is 2. The number of hydrogen-bond acceptors (Lipinski definition) is 5. The number of non-ortho nitro benzene ring substituents is 1. The van der Waals surface area contributed by atoms with Gasteiger partial charge in [0.15, 0.2) is 9.84 Å². The highest BCUT2D eigenvalue weighted by Gasteiger charge is 2.54. The normalized spacial score (nSPS) is 23.1. The summed E-state index contributed by atoms with van der Waals surface area (Å²) in [5.41, 5.74) is 2.76. The molecule has 0 N–H and O–H groups in total. The van der Waals surface area contributed by atoms with Gasteiger partial charge in [0.2, 0.25) is 0 Å². The Hall–Kier alpha value is -2.94. The van der Waals surface area contributed by atoms with Gasteiger partial charge in [0.05, 0.1) is 34.2 Å². The SMILES string of the molecule is Cc1cc(C)cc(N2C(=O)N(c3cccc([N+](=O)[O-])c3)[C@@H]3CS(=O)(=O)C[C@H]32)c1. The number of nitrogens with zero attached hydrogens (tertiary/aromatic N) is 3. The zero-order valence-corrected chi connectivity index (χ0v) is 16.2. The van der Waals surface area contributed by atoms with Gasteiger partial charge in [0.25, 0.3) is 5.69 Å². The molecule has 2 atom stereocenters. The minimum atomic E-state index is -3.33. The quantitative estimate of drug-likeness (QED) is 0.447. The lowest BCUT2D eigenvalue weighted by Crippen LogP contribution is -2.38. The molecule has 2 aromatic carbocycles. The van der Waals surface area contributed by atoms with Crippen LogP contribution < -0.4 is 9.80 Å². The Morgan fingerprint density at radius 1 is 0.964 bits per heavy atom. The van der Waals surface area contributed by atoms with Crippen molar-refractivity contribution >= 4 is 32.9 Å². The Labute approximate surface area is 162 Å². The van der Waals surface area contributed by atoms with Crippen molar-refractivity contribution < 1.29 is 18.1 Å². The molecule has 0 unspecified atom stereocenters. The molecule has 0 aromatic heterocycles. The van der Waals surface area contributed by atoms with Crippen LogP contribution in [0.15, 0.2) is 42.5 Å². The number of nitro benzene ring substituents is 1. The van der Waals surface area contributed by atoms with Crippen molar-refractivity contribution in [3.05, 3.63) is 63.7 Å². The first kappa shape index (κ1) is 18.4. The van der Waals surface area contributed by atoms with Crippen molar-refractivity contribution in [1.29, 1.82) is 0 Å². The smallest absolute Gasteiger partial charge is 0.288 e. The first-order chi connectivity index (χ1) is 13.2. The molecule has 9 heteroatoms. The van der Waals surface area contributed by atoms with Gasteiger partial charge in [-0.1, -0.05) is 12.1 Å². The van der Waals surface area contributed by atoms with Crippen LogP contribution in [0.2, 0.25) is 0 Å². The predicted octanol–water partition coefficient (Wildman–Crippen LogP) is 2.82. The van der Waals surface area contributed by atoms with E-state index in [-0.39, 0.29) is 23.2 Å². The fraction of sp³-hybridized carbons (Fsp3) is 0.316. The second kappa shape index (κ2) is 6.30. The standard InChI is InChI=1S/C19H19N3O5S/c1-12-6-13(2)8-16(7-12)21-18-11-28(26,27)10-17(18)20(19(21)23)14-4-3-5-15(9-14)22(24)25/h3-9,17-18H,10-11H2,1-2H3/t17-,18-/m1/s1. The van der Waals surface area contributed by atoms with Crippen molar-refractivity contribution in [3.63, 3.8) is 0 Å². The number of urea groups is 1. The summed E-state index contributed by atoms with van der Waals surface area (Å²) < 4.78 is 24.7. The lowest BCUT2D eigenvalue weighted by Gasteiger charge is -2.23. The average Bonchev–Trinajstić information content (AvgIpc) is 3.02. The molecule has 146 valence electrons. The second-order valence-corrected chi connectivity index (χ2v) is 9.51. The molecular weight excluding hydrogens is 382 g/mol. The highest BCUT2D eigenvalue weighted by molar-refractivity contribution is 7.91. The minimum Gasteiger partial charge on any atom is -0.288 e. The number of benzene rings is 2. The maximum atomic E-state index is 13.3. The molecular formula is C19H19N3O5S. The van der Waals surface area contributed by atoms with Gasteiger partial charge in [-0.3, -0.25) is 19.9 Å². The minimum absolute atomic E-state index is 0.123. The van der Waals surface area contributed by atoms with E-state index in [0.29, 0.717) is 11.4 Å². The van der Waals surface area contributed by atoms with E-state index in [4.69, 9.17) is 0 Å². The summed E-state index contributed by atoms with van der Waals surface area (Å²) in [7, 11) is -3.33. The van der Waals surface area contributed by atoms with Gasteiger partial charge in [-0.25, -0.2) is 13.2 Å². The van der Waals surface area contributed by atoms with Crippen molar-refractivity contribution in [2.75, 3.05) is 21.3 Å². The maximum Gasteiger partial charge on any atom is 0.329 e. The van der Waals surface area contributed by atoms with Crippen molar-refractivity contribution in [2.45, 2.75) is 25.9 Å². The number of carbonyl (C=O) groups is 1. The molecule has 4 rings (SSSR count). The van der Waals surface area contributed by atoms with Crippen LogP contribution in [-0.4, -0.2) is 43.0 Å². The summed E-state index contributed by atoms with van der Waals surface area (Å²) in [4.78, 5) is 26.8. The second-order valence-electron chi connectivity index (χ2n) is 7.36. The largest absolute Gasteiger partial charge is 0.329 e. The topological polar surface area (TPSA) is 101 Å². The van der Waals surface area contributed by atoms with Crippen molar-refractivity contribution in [1.82, 2.24) is 0 Å². The molecule has 2 heterocycles. The first-order valence-corrected chi connectivity index (χ1v) is 10.6. The summed E-state index contributed by atoms with van der Waals surface area (Å²) in [6.07, 6.45) is 0. The number of hydrogen-bond donors (Lipinski definition) is 0. The fourth-order valence-electron chi connectivity index (χ4n) is 4.15. The number of rotatable bonds is 3. The molecule has 2 saturated heterocycles. The van der Waals surface area contributed by atoms with E-state index in [1.54, 1.807) is 6.07 Å². The van der Waals surface area contributed by atoms with Gasteiger partial charge in [-0.05, 0) is 43.2 Å². The molecule has 2 fully saturated rings. The molecule has 28 heavy (non-hydrogen) atoms. The van der Waals surface area contributed by atoms with Crippen LogP contribution in [0, 0.1) is 24.0 Å². The van der Waals surface area contributed by atoms with Crippen molar-refractivity contribution in [3.8, 4) is 0 Å². The first-order valence-electron chi connectivity index (χ1n) is 8.82. The summed E-state index contributed by atoms with van der Waals surface area (Å²) in [6, 6.07) is 9.95. The fourth-order valence-corrected chi connectivity index (χ4v) is 6.07. The Morgan fingerprint density at radius 2 is 1.54 bits per heavy atom. The molecule has 2 aliphatic rings. The summed E-state index contributed by atoms with van der Waals surface area (Å²) in [5, 5.41) is 11.1. The van der Waals surface area contributed by atoms with E-state index in [1.807, 2.05) is 32.0 Å². The molecule has 0 saturated carbocycles. The molecule has 8 nitrogen and oxygen atoms in total. The molecule has 0 bridgehead atoms. The van der Waals surface area contributed by atoms with E-state index in [9.17, 15) is 23.3 Å². The van der Waals surface area contributed by atoms with Crippen molar-refractivity contribution in [2.24, 2.45) is 0 Å². The van der Waals surface area contributed by atoms with E-state index in [2.05, 4.69) is 0 Å². The van der Waals surface area contributed by atoms with E-state index in [1.165, 1.54) is 28.0 Å². The van der Waals surface area contributed by atoms with Gasteiger partial charge < -0.3 is 0 Å². The van der Waals surface area contributed by atoms with Crippen LogP contribution in [0.1, 0.15) is 11.1 Å². The lowest BCUT2D eigenvalue weighted by atomic mass is 10.1. The van der Waals surface area contributed by atoms with Gasteiger partial charge in [0.1, 0.15) is 0 Å². The highest BCUT2D eigenvalue weighted by atomic mass is 32.2. The average molecular weight is 401 g/mol. The third-order valence-corrected chi connectivity index (χ3v) is 6.87. The Morgan fingerprint density at radius 3 is 2.11 bits per heavy atom. The zero-order chi connectivity index (χ0) is 20.2. The number of sulfone groups is 1. The number of nitro groups is 1. The van der Waals surface area contributed by atoms with E-state index >= 15 is 0 Å². The Balaban J connectivity index is 1.83. The summed E-state index contributed by atoms with van der Waals surface area (Å²) >= 11 is 0. The van der Waals surface area contributed by atoms with Crippen LogP contribution >= 0.6 is 0 Å². The van der Waals surface area contributed by atoms with Crippen LogP contribution in [0.4, 0.5) is 21.9 Å². The Bertz CT molecular complexity index is 1080. The van der Waals surface area contributed by atoms with Gasteiger partial charge in [-0.15, -0.1) is 0 Å². The molecule has 0 spiro atoms. The van der Waals surface area contributed by atoms with E-state index in [0.717, 1.165) is 11.1 Å². The number of carbonyl (C=O) groups excluding carboxylic acids is 1. The van der Waals surface area contributed by atoms with Crippen LogP contribution in [0.25, 0.3) is 0 Å². The van der Waals surface area contributed by atoms with Gasteiger partial charge in [-0.2, -0.15) is 0 Å². The summed E-state index contributed by atoms with van der Waals surface area (Å²) in [5.74, 6) is -0.283. The lowest BCUT2D eigenvalue weighted by molar-refractivity contribution is -0.384. The predicted molar refractivity (Wildman–Crippen MR) is 106 cm³/mol. The molecule has 0 radical (unpaired) electrons. The van der Waals surface area contributed by atoms with Gasteiger partial charge >= 0.3 is 6.03 Å². The maximum absolute atomic E-state index is 13.3. The number of amides is 2. The third-order valence-electron chi connectivity index (χ3n) is 5.17. The van der Waals surface area contributed by atoms with Crippen LogP contribution in [0.3, 0.4) is 0 Å². The third kappa shape index (κ3) is 3.01. The molecule has 2 aromatic rings. The molecule has 2 amide bonds. The van der Waals surface area contributed by atoms with Crippen LogP contribution in [-0.2, 0) is 9.84 Å². The molecule has 0 aliphatic carbocycles. The number of fused-ring (bicyclic) bond motifs is 1. The summed E-state index contributed by atoms with van der Waals surface area (Å²) in [6.45, 7) is 3.83. The van der Waals surface area contributed by atoms with Gasteiger partial charge in [0, 0.05) is 17.8 Å². The zero-order valence-electron chi connectivity index (χ0n) is 15.4. The van der Waals surface area contributed by atoms with Crippen LogP contribution in [0.5, 0.6) is 0 Å². The van der Waals surface area contributed by atoms with E-state index < -0.39 is 26.8 Å². The Kier molecular flexibility index (Phi) is 4.15. The molecule has 2 aliphatic heterocycles. The monoisotopic (exact) mass is 401 g/mol. The number of aryl methyl sites for hydroxylation is 2. The highest BCUT2D eigenvalue weighted by Crippen LogP contribution is 2.39.